The molecular formula is C16H14N2O3. The highest BCUT2D eigenvalue weighted by molar-refractivity contribution is 5.85. The molecule has 0 radical (unpaired) electrons. The van der Waals surface area contributed by atoms with Crippen molar-refractivity contribution in [2.75, 3.05) is 0 Å². The number of carboxylic acid groups (broad SMARTS) is 1. The maximum atomic E-state index is 10.8. The van der Waals surface area contributed by atoms with Crippen LogP contribution in [0.15, 0.2) is 42.5 Å². The highest BCUT2D eigenvalue weighted by Crippen LogP contribution is 2.27. The van der Waals surface area contributed by atoms with Crippen LogP contribution in [0.4, 0.5) is 0 Å². The SMILES string of the molecule is O=C(O)Cc1cc2c(Cc3ccccc3)n[nH]c2cc1O. The van der Waals surface area contributed by atoms with Gasteiger partial charge in [0, 0.05) is 23.4 Å². The highest BCUT2D eigenvalue weighted by Gasteiger charge is 2.12. The fourth-order valence-corrected chi connectivity index (χ4v) is 2.38. The van der Waals surface area contributed by atoms with Crippen molar-refractivity contribution in [3.63, 3.8) is 0 Å². The number of hydrogen-bond donors (Lipinski definition) is 3. The summed E-state index contributed by atoms with van der Waals surface area (Å²) in [5.74, 6) is -1.00. The molecule has 0 atom stereocenters. The van der Waals surface area contributed by atoms with Crippen molar-refractivity contribution >= 4 is 16.9 Å². The van der Waals surface area contributed by atoms with Crippen LogP contribution in [0, 0.1) is 0 Å². The predicted octanol–water partition coefficient (Wildman–Crippen LogP) is 2.49. The molecule has 1 heterocycles. The molecule has 0 amide bonds. The third-order valence-electron chi connectivity index (χ3n) is 3.40. The number of aromatic nitrogens is 2. The Kier molecular flexibility index (Phi) is 3.31. The molecular weight excluding hydrogens is 268 g/mol. The van der Waals surface area contributed by atoms with E-state index in [1.807, 2.05) is 30.3 Å². The number of nitrogens with one attached hydrogen (secondary N) is 1. The number of nitrogens with zero attached hydrogens (tertiary/aromatic N) is 1. The van der Waals surface area contributed by atoms with Crippen molar-refractivity contribution in [2.45, 2.75) is 12.8 Å². The Morgan fingerprint density at radius 1 is 1.19 bits per heavy atom. The van der Waals surface area contributed by atoms with Crippen LogP contribution >= 0.6 is 0 Å². The van der Waals surface area contributed by atoms with Gasteiger partial charge in [-0.05, 0) is 11.6 Å². The van der Waals surface area contributed by atoms with Gasteiger partial charge in [0.25, 0.3) is 0 Å². The second-order valence-corrected chi connectivity index (χ2v) is 4.93. The number of carboxylic acids is 1. The van der Waals surface area contributed by atoms with Gasteiger partial charge in [0.1, 0.15) is 5.75 Å². The maximum absolute atomic E-state index is 10.8. The van der Waals surface area contributed by atoms with Crippen LogP contribution in [0.3, 0.4) is 0 Å². The molecule has 0 unspecified atom stereocenters. The lowest BCUT2D eigenvalue weighted by atomic mass is 10.0. The van der Waals surface area contributed by atoms with Crippen molar-refractivity contribution in [2.24, 2.45) is 0 Å². The summed E-state index contributed by atoms with van der Waals surface area (Å²) >= 11 is 0. The van der Waals surface area contributed by atoms with Gasteiger partial charge in [-0.25, -0.2) is 0 Å². The number of aromatic hydroxyl groups is 1. The average Bonchev–Trinajstić information content (AvgIpc) is 2.82. The van der Waals surface area contributed by atoms with E-state index in [-0.39, 0.29) is 12.2 Å². The van der Waals surface area contributed by atoms with Gasteiger partial charge in [-0.2, -0.15) is 5.10 Å². The molecule has 0 saturated heterocycles. The van der Waals surface area contributed by atoms with Crippen LogP contribution in [-0.4, -0.2) is 26.4 Å². The standard InChI is InChI=1S/C16H14N2O3/c19-15-9-14-12(7-11(15)8-16(20)21)13(17-18-14)6-10-4-2-1-3-5-10/h1-5,7,9,19H,6,8H2,(H,17,18)(H,20,21). The number of benzene rings is 2. The van der Waals surface area contributed by atoms with E-state index in [2.05, 4.69) is 10.2 Å². The van der Waals surface area contributed by atoms with E-state index in [4.69, 9.17) is 5.11 Å². The molecule has 0 spiro atoms. The van der Waals surface area contributed by atoms with Crippen molar-refractivity contribution in [1.82, 2.24) is 10.2 Å². The lowest BCUT2D eigenvalue weighted by Gasteiger charge is -2.03. The molecule has 0 fully saturated rings. The quantitative estimate of drug-likeness (QED) is 0.686. The fourth-order valence-electron chi connectivity index (χ4n) is 2.38. The van der Waals surface area contributed by atoms with Gasteiger partial charge in [0.05, 0.1) is 17.6 Å². The topological polar surface area (TPSA) is 86.2 Å². The highest BCUT2D eigenvalue weighted by atomic mass is 16.4. The smallest absolute Gasteiger partial charge is 0.307 e. The molecule has 106 valence electrons. The summed E-state index contributed by atoms with van der Waals surface area (Å²) in [6.45, 7) is 0. The summed E-state index contributed by atoms with van der Waals surface area (Å²) in [5.41, 5.74) is 3.06. The molecule has 0 aliphatic rings. The fraction of sp³-hybridized carbons (Fsp3) is 0.125. The molecule has 0 saturated carbocycles. The average molecular weight is 282 g/mol. The summed E-state index contributed by atoms with van der Waals surface area (Å²) in [4.78, 5) is 10.8. The van der Waals surface area contributed by atoms with Crippen LogP contribution in [0.2, 0.25) is 0 Å². The van der Waals surface area contributed by atoms with E-state index >= 15 is 0 Å². The third-order valence-corrected chi connectivity index (χ3v) is 3.40. The van der Waals surface area contributed by atoms with Crippen LogP contribution in [0.1, 0.15) is 16.8 Å². The Balaban J connectivity index is 2.02. The number of carbonyl (C=O) groups is 1. The van der Waals surface area contributed by atoms with Crippen molar-refractivity contribution in [3.05, 3.63) is 59.3 Å². The van der Waals surface area contributed by atoms with Crippen molar-refractivity contribution in [1.29, 1.82) is 0 Å². The molecule has 3 aromatic rings. The summed E-state index contributed by atoms with van der Waals surface area (Å²) in [5, 5.41) is 26.7. The zero-order valence-corrected chi connectivity index (χ0v) is 11.2. The van der Waals surface area contributed by atoms with E-state index in [1.165, 1.54) is 6.07 Å². The minimum absolute atomic E-state index is 0.0280. The molecule has 3 N–H and O–H groups in total. The van der Waals surface area contributed by atoms with Crippen LogP contribution in [0.25, 0.3) is 10.9 Å². The van der Waals surface area contributed by atoms with E-state index in [9.17, 15) is 9.90 Å². The van der Waals surface area contributed by atoms with Crippen LogP contribution in [-0.2, 0) is 17.6 Å². The predicted molar refractivity (Wildman–Crippen MR) is 78.3 cm³/mol. The third kappa shape index (κ3) is 2.72. The number of hydrogen-bond acceptors (Lipinski definition) is 3. The molecule has 1 aromatic heterocycles. The van der Waals surface area contributed by atoms with Gasteiger partial charge >= 0.3 is 5.97 Å². The largest absolute Gasteiger partial charge is 0.508 e. The minimum Gasteiger partial charge on any atom is -0.508 e. The van der Waals surface area contributed by atoms with E-state index in [1.54, 1.807) is 6.07 Å². The Bertz CT molecular complexity index is 794. The zero-order chi connectivity index (χ0) is 14.8. The Labute approximate surface area is 120 Å². The molecule has 5 nitrogen and oxygen atoms in total. The van der Waals surface area contributed by atoms with Gasteiger partial charge in [-0.15, -0.1) is 0 Å². The number of H-pyrrole nitrogens is 1. The summed E-state index contributed by atoms with van der Waals surface area (Å²) in [7, 11) is 0. The number of rotatable bonds is 4. The first-order valence-corrected chi connectivity index (χ1v) is 6.58. The molecule has 3 rings (SSSR count). The van der Waals surface area contributed by atoms with Gasteiger partial charge in [0.15, 0.2) is 0 Å². The number of aliphatic carboxylic acids is 1. The normalized spacial score (nSPS) is 10.9. The number of phenols is 1. The Hall–Kier alpha value is -2.82. The maximum Gasteiger partial charge on any atom is 0.307 e. The molecule has 0 aliphatic heterocycles. The first-order chi connectivity index (χ1) is 10.1. The van der Waals surface area contributed by atoms with Gasteiger partial charge in [0.2, 0.25) is 0 Å². The Morgan fingerprint density at radius 2 is 1.95 bits per heavy atom. The van der Waals surface area contributed by atoms with Gasteiger partial charge < -0.3 is 10.2 Å². The number of aromatic amines is 1. The molecule has 0 bridgehead atoms. The molecule has 0 aliphatic carbocycles. The van der Waals surface area contributed by atoms with Gasteiger partial charge in [-0.3, -0.25) is 9.89 Å². The van der Waals surface area contributed by atoms with E-state index in [0.29, 0.717) is 17.5 Å². The molecule has 2 aromatic carbocycles. The summed E-state index contributed by atoms with van der Waals surface area (Å²) in [6.07, 6.45) is 0.440. The zero-order valence-electron chi connectivity index (χ0n) is 11.2. The van der Waals surface area contributed by atoms with Gasteiger partial charge in [-0.1, -0.05) is 30.3 Å². The van der Waals surface area contributed by atoms with E-state index < -0.39 is 5.97 Å². The number of fused-ring (bicyclic) bond motifs is 1. The Morgan fingerprint density at radius 3 is 2.67 bits per heavy atom. The van der Waals surface area contributed by atoms with E-state index in [0.717, 1.165) is 16.6 Å². The first-order valence-electron chi connectivity index (χ1n) is 6.58. The second kappa shape index (κ2) is 5.28. The van der Waals surface area contributed by atoms with Crippen molar-refractivity contribution < 1.29 is 15.0 Å². The van der Waals surface area contributed by atoms with Crippen LogP contribution < -0.4 is 0 Å². The molecule has 21 heavy (non-hydrogen) atoms. The second-order valence-electron chi connectivity index (χ2n) is 4.93. The lowest BCUT2D eigenvalue weighted by Crippen LogP contribution is -2.00. The summed E-state index contributed by atoms with van der Waals surface area (Å²) < 4.78 is 0. The minimum atomic E-state index is -0.974. The number of phenolic OH excluding ortho intramolecular Hbond substituents is 1. The van der Waals surface area contributed by atoms with Crippen LogP contribution in [0.5, 0.6) is 5.75 Å². The molecule has 5 heteroatoms. The lowest BCUT2D eigenvalue weighted by molar-refractivity contribution is -0.136. The summed E-state index contributed by atoms with van der Waals surface area (Å²) in [6, 6.07) is 13.1. The first kappa shape index (κ1) is 13.2. The monoisotopic (exact) mass is 282 g/mol. The van der Waals surface area contributed by atoms with Crippen molar-refractivity contribution in [3.8, 4) is 5.75 Å².